The van der Waals surface area contributed by atoms with Crippen LogP contribution in [0, 0.1) is 24.1 Å². The molecule has 1 unspecified atom stereocenters. The second-order valence-electron chi connectivity index (χ2n) is 11.9. The Bertz CT molecular complexity index is 1500. The predicted octanol–water partition coefficient (Wildman–Crippen LogP) is 7.93. The van der Waals surface area contributed by atoms with Crippen LogP contribution in [0.5, 0.6) is 0 Å². The zero-order valence-electron chi connectivity index (χ0n) is 24.5. The molecular formula is C32H36BrF4N3O3. The quantitative estimate of drug-likeness (QED) is 0.215. The van der Waals surface area contributed by atoms with Gasteiger partial charge in [0.05, 0.1) is 16.6 Å². The summed E-state index contributed by atoms with van der Waals surface area (Å²) in [4.78, 5) is 32.4. The molecular weight excluding hydrogens is 630 g/mol. The van der Waals surface area contributed by atoms with Gasteiger partial charge >= 0.3 is 12.1 Å². The Morgan fingerprint density at radius 2 is 1.81 bits per heavy atom. The zero-order valence-corrected chi connectivity index (χ0v) is 26.0. The monoisotopic (exact) mass is 665 g/mol. The van der Waals surface area contributed by atoms with Crippen molar-refractivity contribution in [2.24, 2.45) is 11.3 Å². The number of fused-ring (bicyclic) bond motifs is 1. The molecule has 6 nitrogen and oxygen atoms in total. The van der Waals surface area contributed by atoms with Gasteiger partial charge in [-0.15, -0.1) is 0 Å². The molecule has 1 aliphatic heterocycles. The summed E-state index contributed by atoms with van der Waals surface area (Å²) in [6.07, 6.45) is -2.03. The Labute approximate surface area is 257 Å². The van der Waals surface area contributed by atoms with Crippen LogP contribution in [-0.2, 0) is 17.4 Å². The van der Waals surface area contributed by atoms with E-state index in [9.17, 15) is 32.3 Å². The summed E-state index contributed by atoms with van der Waals surface area (Å²) in [6.45, 7) is 6.87. The van der Waals surface area contributed by atoms with Crippen molar-refractivity contribution in [3.63, 3.8) is 0 Å². The minimum absolute atomic E-state index is 0.00871. The number of alkyl halides is 3. The third-order valence-corrected chi connectivity index (χ3v) is 8.92. The number of nitrogens with one attached hydrogen (secondary N) is 1. The lowest BCUT2D eigenvalue weighted by Gasteiger charge is -2.35. The number of hydrogen-bond acceptors (Lipinski definition) is 4. The molecule has 0 bridgehead atoms. The lowest BCUT2D eigenvalue weighted by atomic mass is 9.71. The van der Waals surface area contributed by atoms with E-state index in [2.05, 4.69) is 26.1 Å². The third kappa shape index (κ3) is 7.66. The molecule has 1 saturated heterocycles. The van der Waals surface area contributed by atoms with Gasteiger partial charge < -0.3 is 15.3 Å². The number of carboxylic acids is 1. The number of aromatic nitrogens is 1. The normalized spacial score (nSPS) is 15.0. The maximum absolute atomic E-state index is 14.8. The molecule has 0 saturated carbocycles. The molecule has 43 heavy (non-hydrogen) atoms. The summed E-state index contributed by atoms with van der Waals surface area (Å²) < 4.78 is 56.8. The summed E-state index contributed by atoms with van der Waals surface area (Å²) in [5.74, 6) is -2.27. The highest BCUT2D eigenvalue weighted by Gasteiger charge is 2.38. The fraction of sp³-hybridized carbons (Fsp3) is 0.469. The van der Waals surface area contributed by atoms with E-state index in [4.69, 9.17) is 4.98 Å². The molecule has 1 fully saturated rings. The van der Waals surface area contributed by atoms with E-state index in [1.54, 1.807) is 13.8 Å². The fourth-order valence-corrected chi connectivity index (χ4v) is 6.36. The number of carbonyl (C=O) groups excluding carboxylic acids is 1. The Balaban J connectivity index is 1.67. The van der Waals surface area contributed by atoms with Crippen LogP contribution < -0.4 is 10.2 Å². The SMILES string of the molecule is Cc1c(N2CCCCC2)nc2ccc(Br)cc2c1C(=O)NCC(CCC(=O)O)C(C)(C)Cc1c(F)cccc1C(F)(F)F. The van der Waals surface area contributed by atoms with Gasteiger partial charge in [-0.25, -0.2) is 9.37 Å². The highest BCUT2D eigenvalue weighted by Crippen LogP contribution is 2.40. The lowest BCUT2D eigenvalue weighted by molar-refractivity contribution is -0.138. The largest absolute Gasteiger partial charge is 0.481 e. The molecule has 232 valence electrons. The van der Waals surface area contributed by atoms with E-state index in [1.807, 2.05) is 25.1 Å². The van der Waals surface area contributed by atoms with E-state index < -0.39 is 40.4 Å². The van der Waals surface area contributed by atoms with Gasteiger partial charge in [0.2, 0.25) is 0 Å². The van der Waals surface area contributed by atoms with Crippen LogP contribution >= 0.6 is 15.9 Å². The average molecular weight is 667 g/mol. The number of halogens is 5. The molecule has 4 rings (SSSR count). The summed E-state index contributed by atoms with van der Waals surface area (Å²) in [7, 11) is 0. The Hall–Kier alpha value is -3.21. The van der Waals surface area contributed by atoms with Crippen LogP contribution in [0.4, 0.5) is 23.4 Å². The van der Waals surface area contributed by atoms with Gasteiger partial charge in [0.1, 0.15) is 11.6 Å². The van der Waals surface area contributed by atoms with Crippen molar-refractivity contribution in [3.8, 4) is 0 Å². The second kappa shape index (κ2) is 13.2. The first-order valence-electron chi connectivity index (χ1n) is 14.4. The van der Waals surface area contributed by atoms with Crippen LogP contribution in [-0.4, -0.2) is 41.6 Å². The first-order chi connectivity index (χ1) is 20.2. The maximum Gasteiger partial charge on any atom is 0.416 e. The van der Waals surface area contributed by atoms with Crippen molar-refractivity contribution in [1.29, 1.82) is 0 Å². The average Bonchev–Trinajstić information content (AvgIpc) is 2.93. The number of hydrogen-bond donors (Lipinski definition) is 2. The molecule has 0 spiro atoms. The van der Waals surface area contributed by atoms with Crippen molar-refractivity contribution >= 4 is 44.5 Å². The molecule has 1 aliphatic rings. The standard InChI is InChI=1S/C32H36BrF4N3O3/c1-19-28(22-16-21(33)11-12-26(22)39-29(19)40-14-5-4-6-15-40)30(43)38-18-20(10-13-27(41)42)31(2,3)17-23-24(32(35,36)37)8-7-9-25(23)34/h7-9,11-12,16,20H,4-6,10,13-15,17-18H2,1-3H3,(H,38,43)(H,41,42). The number of aliphatic carboxylic acids is 1. The van der Waals surface area contributed by atoms with Crippen LogP contribution in [0.25, 0.3) is 10.9 Å². The molecule has 2 N–H and O–H groups in total. The molecule has 0 radical (unpaired) electrons. The van der Waals surface area contributed by atoms with Crippen LogP contribution in [0.15, 0.2) is 40.9 Å². The summed E-state index contributed by atoms with van der Waals surface area (Å²) in [5, 5.41) is 13.0. The van der Waals surface area contributed by atoms with Gasteiger partial charge in [-0.2, -0.15) is 13.2 Å². The molecule has 0 aliphatic carbocycles. The van der Waals surface area contributed by atoms with Gasteiger partial charge in [-0.1, -0.05) is 35.8 Å². The molecule has 11 heteroatoms. The van der Waals surface area contributed by atoms with Gasteiger partial charge in [0, 0.05) is 47.0 Å². The number of benzene rings is 2. The molecule has 2 aromatic carbocycles. The van der Waals surface area contributed by atoms with Crippen molar-refractivity contribution < 1.29 is 32.3 Å². The number of anilines is 1. The van der Waals surface area contributed by atoms with E-state index >= 15 is 0 Å². The van der Waals surface area contributed by atoms with E-state index in [0.29, 0.717) is 22.0 Å². The Morgan fingerprint density at radius 1 is 1.12 bits per heavy atom. The van der Waals surface area contributed by atoms with Gasteiger partial charge in [0.25, 0.3) is 5.91 Å². The smallest absolute Gasteiger partial charge is 0.416 e. The number of pyridine rings is 1. The molecule has 3 aromatic rings. The third-order valence-electron chi connectivity index (χ3n) is 8.42. The summed E-state index contributed by atoms with van der Waals surface area (Å²) in [5.41, 5.74) is -0.721. The summed E-state index contributed by atoms with van der Waals surface area (Å²) >= 11 is 3.48. The van der Waals surface area contributed by atoms with E-state index in [1.165, 1.54) is 0 Å². The number of carboxylic acid groups (broad SMARTS) is 1. The minimum Gasteiger partial charge on any atom is -0.481 e. The maximum atomic E-state index is 14.8. The number of carbonyl (C=O) groups is 2. The Morgan fingerprint density at radius 3 is 2.47 bits per heavy atom. The van der Waals surface area contributed by atoms with Crippen LogP contribution in [0.2, 0.25) is 0 Å². The minimum atomic E-state index is -4.75. The fourth-order valence-electron chi connectivity index (χ4n) is 6.00. The first kappa shape index (κ1) is 32.7. The highest BCUT2D eigenvalue weighted by molar-refractivity contribution is 9.10. The predicted molar refractivity (Wildman–Crippen MR) is 162 cm³/mol. The number of amides is 1. The second-order valence-corrected chi connectivity index (χ2v) is 12.8. The molecule has 1 aromatic heterocycles. The van der Waals surface area contributed by atoms with Crippen LogP contribution in [0.3, 0.4) is 0 Å². The highest BCUT2D eigenvalue weighted by atomic mass is 79.9. The van der Waals surface area contributed by atoms with Crippen LogP contribution in [0.1, 0.15) is 73.0 Å². The van der Waals surface area contributed by atoms with Crippen molar-refractivity contribution in [3.05, 3.63) is 68.9 Å². The lowest BCUT2D eigenvalue weighted by Crippen LogP contribution is -2.39. The van der Waals surface area contributed by atoms with E-state index in [-0.39, 0.29) is 31.7 Å². The topological polar surface area (TPSA) is 82.5 Å². The molecule has 2 heterocycles. The first-order valence-corrected chi connectivity index (χ1v) is 15.2. The Kier molecular flexibility index (Phi) is 10.0. The van der Waals surface area contributed by atoms with Crippen molar-refractivity contribution in [2.45, 2.75) is 65.5 Å². The molecule has 1 amide bonds. The van der Waals surface area contributed by atoms with Gasteiger partial charge in [0.15, 0.2) is 0 Å². The van der Waals surface area contributed by atoms with Gasteiger partial charge in [-0.05, 0) is 80.7 Å². The number of nitrogens with zero attached hydrogens (tertiary/aromatic N) is 2. The summed E-state index contributed by atoms with van der Waals surface area (Å²) in [6, 6.07) is 8.38. The number of piperidine rings is 1. The van der Waals surface area contributed by atoms with Crippen molar-refractivity contribution in [1.82, 2.24) is 10.3 Å². The van der Waals surface area contributed by atoms with E-state index in [0.717, 1.165) is 60.8 Å². The molecule has 1 atom stereocenters. The zero-order chi connectivity index (χ0) is 31.5. The number of rotatable bonds is 10. The van der Waals surface area contributed by atoms with Crippen molar-refractivity contribution in [2.75, 3.05) is 24.5 Å². The van der Waals surface area contributed by atoms with Gasteiger partial charge in [-0.3, -0.25) is 9.59 Å².